The van der Waals surface area contributed by atoms with E-state index in [9.17, 15) is 13.2 Å². The van der Waals surface area contributed by atoms with Crippen LogP contribution < -0.4 is 0 Å². The van der Waals surface area contributed by atoms with Crippen molar-refractivity contribution in [2.24, 2.45) is 11.3 Å². The van der Waals surface area contributed by atoms with E-state index in [0.717, 1.165) is 0 Å². The van der Waals surface area contributed by atoms with Crippen LogP contribution in [0.2, 0.25) is 0 Å². The summed E-state index contributed by atoms with van der Waals surface area (Å²) in [7, 11) is 0. The second kappa shape index (κ2) is 2.78. The molecular formula is C10H11F3O. The molecule has 0 amide bonds. The number of alkyl halides is 3. The Hall–Kier alpha value is -0.930. The van der Waals surface area contributed by atoms with E-state index in [2.05, 4.69) is 0 Å². The van der Waals surface area contributed by atoms with Crippen LogP contribution >= 0.6 is 0 Å². The Morgan fingerprint density at radius 3 is 2.36 bits per heavy atom. The van der Waals surface area contributed by atoms with Crippen LogP contribution in [0.25, 0.3) is 0 Å². The fourth-order valence-corrected chi connectivity index (χ4v) is 2.02. The van der Waals surface area contributed by atoms with Gasteiger partial charge in [0, 0.05) is 0 Å². The quantitative estimate of drug-likeness (QED) is 0.694. The average Bonchev–Trinajstić information content (AvgIpc) is 2.84. The third-order valence-electron chi connectivity index (χ3n) is 3.14. The van der Waals surface area contributed by atoms with E-state index in [1.54, 1.807) is 0 Å². The van der Waals surface area contributed by atoms with Crippen molar-refractivity contribution in [2.45, 2.75) is 25.4 Å². The van der Waals surface area contributed by atoms with Gasteiger partial charge in [-0.3, -0.25) is 0 Å². The van der Waals surface area contributed by atoms with Gasteiger partial charge < -0.3 is 5.11 Å². The van der Waals surface area contributed by atoms with E-state index in [1.165, 1.54) is 18.2 Å². The number of rotatable bonds is 1. The number of allylic oxidation sites excluding steroid dienone is 3. The topological polar surface area (TPSA) is 20.2 Å². The van der Waals surface area contributed by atoms with E-state index in [4.69, 9.17) is 5.11 Å². The first kappa shape index (κ1) is 9.62. The third kappa shape index (κ3) is 1.33. The number of aliphatic hydroxyl groups is 1. The van der Waals surface area contributed by atoms with E-state index in [1.807, 2.05) is 0 Å². The fraction of sp³-hybridized carbons (Fsp3) is 0.600. The SMILES string of the molecule is OC1=CCC(C2(C(F)(F)F)CC2)C=C1. The highest BCUT2D eigenvalue weighted by Gasteiger charge is 2.66. The summed E-state index contributed by atoms with van der Waals surface area (Å²) in [4.78, 5) is 0. The van der Waals surface area contributed by atoms with Gasteiger partial charge in [-0.2, -0.15) is 13.2 Å². The minimum Gasteiger partial charge on any atom is -0.508 e. The van der Waals surface area contributed by atoms with Gasteiger partial charge in [-0.15, -0.1) is 0 Å². The number of hydrogen-bond donors (Lipinski definition) is 1. The summed E-state index contributed by atoms with van der Waals surface area (Å²) in [6.07, 6.45) is 0.928. The number of aliphatic hydroxyl groups excluding tert-OH is 1. The second-order valence-electron chi connectivity index (χ2n) is 3.98. The van der Waals surface area contributed by atoms with Crippen molar-refractivity contribution >= 4 is 0 Å². The summed E-state index contributed by atoms with van der Waals surface area (Å²) >= 11 is 0. The second-order valence-corrected chi connectivity index (χ2v) is 3.98. The molecule has 0 bridgehead atoms. The maximum Gasteiger partial charge on any atom is 0.395 e. The molecule has 2 aliphatic carbocycles. The molecule has 1 atom stereocenters. The summed E-state index contributed by atoms with van der Waals surface area (Å²) in [6.45, 7) is 0. The predicted octanol–water partition coefficient (Wildman–Crippen LogP) is 3.35. The Morgan fingerprint density at radius 2 is 2.00 bits per heavy atom. The highest BCUT2D eigenvalue weighted by atomic mass is 19.4. The van der Waals surface area contributed by atoms with E-state index < -0.39 is 17.5 Å². The molecule has 0 aromatic heterocycles. The van der Waals surface area contributed by atoms with Crippen molar-refractivity contribution in [1.82, 2.24) is 0 Å². The van der Waals surface area contributed by atoms with Gasteiger partial charge in [0.15, 0.2) is 0 Å². The van der Waals surface area contributed by atoms with Gasteiger partial charge in [-0.25, -0.2) is 0 Å². The molecule has 0 radical (unpaired) electrons. The molecule has 0 aliphatic heterocycles. The van der Waals surface area contributed by atoms with Crippen molar-refractivity contribution in [3.63, 3.8) is 0 Å². The van der Waals surface area contributed by atoms with Crippen LogP contribution in [0.1, 0.15) is 19.3 Å². The third-order valence-corrected chi connectivity index (χ3v) is 3.14. The molecule has 1 unspecified atom stereocenters. The van der Waals surface area contributed by atoms with Crippen LogP contribution in [0.4, 0.5) is 13.2 Å². The molecule has 0 aromatic carbocycles. The van der Waals surface area contributed by atoms with Crippen molar-refractivity contribution in [2.75, 3.05) is 0 Å². The minimum absolute atomic E-state index is 0.0687. The van der Waals surface area contributed by atoms with Gasteiger partial charge in [-0.1, -0.05) is 6.08 Å². The number of halogens is 3. The fourth-order valence-electron chi connectivity index (χ4n) is 2.02. The highest BCUT2D eigenvalue weighted by molar-refractivity contribution is 5.22. The highest BCUT2D eigenvalue weighted by Crippen LogP contribution is 2.63. The van der Waals surface area contributed by atoms with Crippen molar-refractivity contribution in [3.8, 4) is 0 Å². The van der Waals surface area contributed by atoms with Crippen LogP contribution in [0.5, 0.6) is 0 Å². The zero-order chi connectivity index (χ0) is 10.4. The van der Waals surface area contributed by atoms with Gasteiger partial charge in [0.2, 0.25) is 0 Å². The van der Waals surface area contributed by atoms with Crippen LogP contribution in [0.15, 0.2) is 24.0 Å². The zero-order valence-electron chi connectivity index (χ0n) is 7.51. The van der Waals surface area contributed by atoms with E-state index in [0.29, 0.717) is 6.42 Å². The van der Waals surface area contributed by atoms with Gasteiger partial charge in [-0.05, 0) is 37.3 Å². The average molecular weight is 204 g/mol. The van der Waals surface area contributed by atoms with Crippen molar-refractivity contribution in [3.05, 3.63) is 24.0 Å². The van der Waals surface area contributed by atoms with Crippen molar-refractivity contribution in [1.29, 1.82) is 0 Å². The molecule has 2 aliphatic rings. The van der Waals surface area contributed by atoms with Crippen molar-refractivity contribution < 1.29 is 18.3 Å². The first-order chi connectivity index (χ1) is 6.46. The van der Waals surface area contributed by atoms with Crippen LogP contribution in [-0.4, -0.2) is 11.3 Å². The first-order valence-electron chi connectivity index (χ1n) is 4.60. The smallest absolute Gasteiger partial charge is 0.395 e. The lowest BCUT2D eigenvalue weighted by molar-refractivity contribution is -0.197. The van der Waals surface area contributed by atoms with Gasteiger partial charge in [0.05, 0.1) is 5.41 Å². The lowest BCUT2D eigenvalue weighted by Gasteiger charge is -2.27. The van der Waals surface area contributed by atoms with Crippen LogP contribution in [0, 0.1) is 11.3 Å². The molecule has 0 spiro atoms. The monoisotopic (exact) mass is 204 g/mol. The molecule has 0 aromatic rings. The minimum atomic E-state index is -4.11. The molecular weight excluding hydrogens is 193 g/mol. The maximum atomic E-state index is 12.7. The first-order valence-corrected chi connectivity index (χ1v) is 4.60. The van der Waals surface area contributed by atoms with Crippen LogP contribution in [0.3, 0.4) is 0 Å². The molecule has 4 heteroatoms. The summed E-state index contributed by atoms with van der Waals surface area (Å²) in [6, 6.07) is 0. The molecule has 1 nitrogen and oxygen atoms in total. The molecule has 1 saturated carbocycles. The lowest BCUT2D eigenvalue weighted by Crippen LogP contribution is -2.31. The van der Waals surface area contributed by atoms with Gasteiger partial charge >= 0.3 is 6.18 Å². The molecule has 2 rings (SSSR count). The Bertz CT molecular complexity index is 297. The summed E-state index contributed by atoms with van der Waals surface area (Å²) in [5.74, 6) is -0.419. The normalized spacial score (nSPS) is 29.9. The van der Waals surface area contributed by atoms with Crippen LogP contribution in [-0.2, 0) is 0 Å². The summed E-state index contributed by atoms with van der Waals surface area (Å²) < 4.78 is 38.0. The molecule has 1 N–H and O–H groups in total. The summed E-state index contributed by atoms with van der Waals surface area (Å²) in [5, 5.41) is 9.01. The van der Waals surface area contributed by atoms with E-state index >= 15 is 0 Å². The molecule has 14 heavy (non-hydrogen) atoms. The number of hydrogen-bond acceptors (Lipinski definition) is 1. The summed E-state index contributed by atoms with van der Waals surface area (Å²) in [5.41, 5.74) is -1.50. The largest absolute Gasteiger partial charge is 0.508 e. The standard InChI is InChI=1S/C10H11F3O/c11-10(12,13)9(5-6-9)7-1-3-8(14)4-2-7/h1,3-4,7,14H,2,5-6H2. The molecule has 0 saturated heterocycles. The Balaban J connectivity index is 2.15. The van der Waals surface area contributed by atoms with Gasteiger partial charge in [0.1, 0.15) is 5.76 Å². The maximum absolute atomic E-state index is 12.7. The molecule has 0 heterocycles. The Kier molecular flexibility index (Phi) is 1.91. The Morgan fingerprint density at radius 1 is 1.36 bits per heavy atom. The lowest BCUT2D eigenvalue weighted by atomic mass is 9.83. The molecule has 78 valence electrons. The van der Waals surface area contributed by atoms with E-state index in [-0.39, 0.29) is 18.6 Å². The predicted molar refractivity (Wildman–Crippen MR) is 45.7 cm³/mol. The Labute approximate surface area is 79.9 Å². The zero-order valence-corrected chi connectivity index (χ0v) is 7.51. The molecule has 1 fully saturated rings. The van der Waals surface area contributed by atoms with Gasteiger partial charge in [0.25, 0.3) is 0 Å².